The first-order valence-corrected chi connectivity index (χ1v) is 6.86. The van der Waals surface area contributed by atoms with E-state index in [1.165, 1.54) is 0 Å². The van der Waals surface area contributed by atoms with Crippen LogP contribution in [-0.2, 0) is 19.2 Å². The maximum absolute atomic E-state index is 10.4. The number of carbonyl (C=O) groups excluding carboxylic acids is 4. The largest absolute Gasteiger partial charge is 1.00 e. The summed E-state index contributed by atoms with van der Waals surface area (Å²) < 4.78 is 0. The predicted molar refractivity (Wildman–Crippen MR) is 70.3 cm³/mol. The molecular formula is C13H20N2Na4O9. The monoisotopic (exact) mass is 440 g/mol. The molecule has 140 valence electrons. The van der Waals surface area contributed by atoms with Crippen LogP contribution in [0.5, 0.6) is 0 Å². The van der Waals surface area contributed by atoms with Crippen LogP contribution in [0.2, 0.25) is 0 Å². The van der Waals surface area contributed by atoms with Gasteiger partial charge in [-0.15, -0.1) is 0 Å². The molecule has 0 rings (SSSR count). The zero-order chi connectivity index (χ0) is 19.3. The second-order valence-corrected chi connectivity index (χ2v) is 5.00. The molecule has 11 nitrogen and oxygen atoms in total. The molecule has 0 amide bonds. The molecule has 1 N–H and O–H groups in total. The maximum atomic E-state index is 10.4. The Hall–Kier alpha value is 1.76. The molecule has 0 atom stereocenters. The molecule has 0 unspecified atom stereocenters. The van der Waals surface area contributed by atoms with E-state index in [-0.39, 0.29) is 137 Å². The summed E-state index contributed by atoms with van der Waals surface area (Å²) in [7, 11) is 0. The van der Waals surface area contributed by atoms with E-state index in [9.17, 15) is 39.6 Å². The minimum Gasteiger partial charge on any atom is -0.549 e. The minimum atomic E-state index is -1.53. The Morgan fingerprint density at radius 1 is 0.643 bits per heavy atom. The van der Waals surface area contributed by atoms with E-state index in [0.29, 0.717) is 0 Å². The Balaban J connectivity index is -0.000000137. The first-order chi connectivity index (χ1) is 10.9. The third-order valence-corrected chi connectivity index (χ3v) is 2.14. The van der Waals surface area contributed by atoms with Gasteiger partial charge in [0.25, 0.3) is 0 Å². The van der Waals surface area contributed by atoms with Gasteiger partial charge in [-0.25, -0.2) is 0 Å². The number of nitrogens with zero attached hydrogens (tertiary/aromatic N) is 2. The molecule has 0 aliphatic rings. The van der Waals surface area contributed by atoms with Gasteiger partial charge in [-0.2, -0.15) is 0 Å². The normalized spacial score (nSPS) is 8.93. The van der Waals surface area contributed by atoms with Crippen molar-refractivity contribution in [1.29, 1.82) is 0 Å². The van der Waals surface area contributed by atoms with Gasteiger partial charge in [-0.1, -0.05) is 0 Å². The van der Waals surface area contributed by atoms with Gasteiger partial charge < -0.3 is 44.7 Å². The van der Waals surface area contributed by atoms with Gasteiger partial charge in [0.15, 0.2) is 0 Å². The summed E-state index contributed by atoms with van der Waals surface area (Å²) in [5.41, 5.74) is 0. The summed E-state index contributed by atoms with van der Waals surface area (Å²) >= 11 is 0. The fraction of sp³-hybridized carbons (Fsp3) is 0.692. The predicted octanol–water partition coefficient (Wildman–Crippen LogP) is -19.0. The molecule has 0 aliphatic carbocycles. The van der Waals surface area contributed by atoms with Crippen molar-refractivity contribution in [2.24, 2.45) is 0 Å². The Kier molecular flexibility index (Phi) is 41.7. The average molecular weight is 440 g/mol. The van der Waals surface area contributed by atoms with E-state index in [1.54, 1.807) is 13.8 Å². The van der Waals surface area contributed by atoms with Crippen LogP contribution in [0.3, 0.4) is 0 Å². The van der Waals surface area contributed by atoms with E-state index in [1.807, 2.05) is 0 Å². The maximum Gasteiger partial charge on any atom is 1.00 e. The van der Waals surface area contributed by atoms with Gasteiger partial charge in [-0.05, 0) is 13.8 Å². The Morgan fingerprint density at radius 2 is 0.786 bits per heavy atom. The molecule has 28 heavy (non-hydrogen) atoms. The van der Waals surface area contributed by atoms with Gasteiger partial charge in [0.05, 0.1) is 23.9 Å². The molecule has 0 aromatic rings. The third-order valence-electron chi connectivity index (χ3n) is 2.14. The van der Waals surface area contributed by atoms with E-state index in [2.05, 4.69) is 0 Å². The molecule has 0 saturated carbocycles. The van der Waals surface area contributed by atoms with E-state index >= 15 is 0 Å². The number of rotatable bonds is 11. The molecule has 0 aromatic heterocycles. The molecule has 0 fully saturated rings. The molecule has 15 heteroatoms. The van der Waals surface area contributed by atoms with Crippen molar-refractivity contribution in [3.8, 4) is 0 Å². The Morgan fingerprint density at radius 3 is 0.893 bits per heavy atom. The number of carboxylic acid groups (broad SMARTS) is 4. The number of hydrogen-bond acceptors (Lipinski definition) is 11. The number of hydrogen-bond donors (Lipinski definition) is 1. The molecule has 0 aliphatic heterocycles. The van der Waals surface area contributed by atoms with Crippen molar-refractivity contribution in [2.75, 3.05) is 39.3 Å². The van der Waals surface area contributed by atoms with Crippen LogP contribution in [0.25, 0.3) is 0 Å². The van der Waals surface area contributed by atoms with Crippen LogP contribution >= 0.6 is 0 Å². The number of carbonyl (C=O) groups is 4. The van der Waals surface area contributed by atoms with Crippen molar-refractivity contribution < 1.29 is 163 Å². The molecule has 0 heterocycles. The smallest absolute Gasteiger partial charge is 0.549 e. The van der Waals surface area contributed by atoms with Crippen molar-refractivity contribution >= 4 is 23.9 Å². The SMILES string of the molecule is CC(C)O.O=C([O-])CN(CCN(CC(=O)[O-])CC(=O)[O-])CC(=O)[O-].[Na+].[Na+].[Na+].[Na+]. The first kappa shape index (κ1) is 43.6. The molecule has 0 saturated heterocycles. The zero-order valence-electron chi connectivity index (χ0n) is 17.4. The average Bonchev–Trinajstić information content (AvgIpc) is 2.32. The summed E-state index contributed by atoms with van der Waals surface area (Å²) in [4.78, 5) is 43.4. The van der Waals surface area contributed by atoms with Gasteiger partial charge >= 0.3 is 118 Å². The minimum absolute atomic E-state index is 0. The van der Waals surface area contributed by atoms with Crippen LogP contribution in [-0.4, -0.2) is 84.2 Å². The summed E-state index contributed by atoms with van der Waals surface area (Å²) in [5, 5.41) is 49.7. The van der Waals surface area contributed by atoms with Crippen molar-refractivity contribution in [3.05, 3.63) is 0 Å². The number of aliphatic hydroxyl groups excluding tert-OH is 1. The van der Waals surface area contributed by atoms with Crippen LogP contribution in [0, 0.1) is 0 Å². The van der Waals surface area contributed by atoms with Crippen LogP contribution in [0.4, 0.5) is 0 Å². The fourth-order valence-corrected chi connectivity index (χ4v) is 1.44. The summed E-state index contributed by atoms with van der Waals surface area (Å²) in [6.07, 6.45) is -0.167. The van der Waals surface area contributed by atoms with Crippen LogP contribution in [0.1, 0.15) is 13.8 Å². The molecular weight excluding hydrogens is 420 g/mol. The molecule has 0 radical (unpaired) electrons. The van der Waals surface area contributed by atoms with E-state index in [4.69, 9.17) is 5.11 Å². The van der Waals surface area contributed by atoms with E-state index < -0.39 is 50.1 Å². The van der Waals surface area contributed by atoms with Gasteiger partial charge in [-0.3, -0.25) is 9.80 Å². The fourth-order valence-electron chi connectivity index (χ4n) is 1.44. The second-order valence-electron chi connectivity index (χ2n) is 5.00. The molecule has 0 spiro atoms. The Labute approximate surface area is 252 Å². The van der Waals surface area contributed by atoms with Crippen molar-refractivity contribution in [3.63, 3.8) is 0 Å². The van der Waals surface area contributed by atoms with Gasteiger partial charge in [0.1, 0.15) is 0 Å². The Bertz CT molecular complexity index is 371. The van der Waals surface area contributed by atoms with Crippen LogP contribution < -0.4 is 139 Å². The van der Waals surface area contributed by atoms with Crippen molar-refractivity contribution in [2.45, 2.75) is 20.0 Å². The topological polar surface area (TPSA) is 187 Å². The number of aliphatic carboxylic acids is 4. The number of aliphatic hydroxyl groups is 1. The second kappa shape index (κ2) is 26.8. The summed E-state index contributed by atoms with van der Waals surface area (Å²) in [6, 6.07) is 0. The van der Waals surface area contributed by atoms with Crippen LogP contribution in [0.15, 0.2) is 0 Å². The van der Waals surface area contributed by atoms with E-state index in [0.717, 1.165) is 9.80 Å². The van der Waals surface area contributed by atoms with Gasteiger partial charge in [0, 0.05) is 45.4 Å². The summed E-state index contributed by atoms with van der Waals surface area (Å²) in [5.74, 6) is -6.12. The molecule has 0 bridgehead atoms. The summed E-state index contributed by atoms with van der Waals surface area (Å²) in [6.45, 7) is 0.193. The molecule has 0 aromatic carbocycles. The van der Waals surface area contributed by atoms with Gasteiger partial charge in [0.2, 0.25) is 0 Å². The third kappa shape index (κ3) is 38.4. The first-order valence-electron chi connectivity index (χ1n) is 6.86. The standard InChI is InChI=1S/C10H16N2O8.C3H8O.4Na/c13-7(14)3-11(4-8(15)16)1-2-12(5-9(17)18)6-10(19)20;1-3(2)4;;;;/h1-6H2,(H,13,14)(H,15,16)(H,17,18)(H,19,20);3-4H,1-2H3;;;;/q;;4*+1/p-4. The van der Waals surface area contributed by atoms with Crippen molar-refractivity contribution in [1.82, 2.24) is 9.80 Å². The number of carboxylic acids is 4. The quantitative estimate of drug-likeness (QED) is 0.301. The zero-order valence-corrected chi connectivity index (χ0v) is 25.4.